The van der Waals surface area contributed by atoms with E-state index in [-0.39, 0.29) is 5.75 Å². The van der Waals surface area contributed by atoms with E-state index in [0.29, 0.717) is 0 Å². The molecule has 0 amide bonds. The Morgan fingerprint density at radius 1 is 0.677 bits per heavy atom. The number of hydrogen-bond acceptors (Lipinski definition) is 4. The van der Waals surface area contributed by atoms with Crippen LogP contribution in [0.1, 0.15) is 54.5 Å². The van der Waals surface area contributed by atoms with E-state index in [4.69, 9.17) is 0 Å². The number of hydrogen-bond donors (Lipinski definition) is 2. The van der Waals surface area contributed by atoms with Crippen LogP contribution < -0.4 is 0 Å². The molecule has 0 aliphatic heterocycles. The third-order valence-corrected chi connectivity index (χ3v) is 7.71. The number of thiophene rings is 2. The van der Waals surface area contributed by atoms with Crippen LogP contribution >= 0.6 is 22.7 Å². The van der Waals surface area contributed by atoms with Crippen LogP contribution in [0.25, 0.3) is 9.75 Å². The van der Waals surface area contributed by atoms with E-state index in [1.807, 2.05) is 41.1 Å². The average molecular weight is 449 g/mol. The normalized spacial score (nSPS) is 11.7. The van der Waals surface area contributed by atoms with Gasteiger partial charge in [0.2, 0.25) is 0 Å². The fourth-order valence-corrected chi connectivity index (χ4v) is 6.04. The van der Waals surface area contributed by atoms with Gasteiger partial charge in [0.1, 0.15) is 11.4 Å². The van der Waals surface area contributed by atoms with Gasteiger partial charge in [0.05, 0.1) is 9.75 Å². The molecule has 2 aromatic heterocycles. The summed E-state index contributed by atoms with van der Waals surface area (Å²) in [4.78, 5) is 1.71. The summed E-state index contributed by atoms with van der Waals surface area (Å²) in [7, 11) is 0. The predicted octanol–water partition coefficient (Wildman–Crippen LogP) is 7.37. The van der Waals surface area contributed by atoms with Crippen molar-refractivity contribution in [1.29, 1.82) is 0 Å². The molecule has 2 N–H and O–H groups in total. The quantitative estimate of drug-likeness (QED) is 0.295. The Labute approximate surface area is 192 Å². The lowest BCUT2D eigenvalue weighted by Gasteiger charge is -2.30. The minimum absolute atomic E-state index is 0.257. The molecule has 4 aromatic rings. The van der Waals surface area contributed by atoms with E-state index in [2.05, 4.69) is 38.1 Å². The molecule has 2 aromatic carbocycles. The van der Waals surface area contributed by atoms with E-state index in [1.165, 1.54) is 22.5 Å². The third-order valence-electron chi connectivity index (χ3n) is 5.73. The lowest BCUT2D eigenvalue weighted by atomic mass is 9.79. The molecule has 0 aliphatic carbocycles. The van der Waals surface area contributed by atoms with Crippen molar-refractivity contribution < 1.29 is 10.2 Å². The summed E-state index contributed by atoms with van der Waals surface area (Å²) in [6, 6.07) is 20.3. The van der Waals surface area contributed by atoms with Gasteiger partial charge in [-0.1, -0.05) is 75.2 Å². The first-order chi connectivity index (χ1) is 15.1. The number of benzene rings is 2. The number of aromatic hydroxyl groups is 1. The van der Waals surface area contributed by atoms with E-state index in [9.17, 15) is 10.2 Å². The van der Waals surface area contributed by atoms with Gasteiger partial charge in [-0.25, -0.2) is 0 Å². The average Bonchev–Trinajstić information content (AvgIpc) is 3.43. The van der Waals surface area contributed by atoms with Crippen LogP contribution in [0.4, 0.5) is 0 Å². The van der Waals surface area contributed by atoms with Crippen molar-refractivity contribution in [3.8, 4) is 15.5 Å². The van der Waals surface area contributed by atoms with Crippen molar-refractivity contribution in [2.45, 2.75) is 45.1 Å². The molecule has 2 heterocycles. The van der Waals surface area contributed by atoms with Gasteiger partial charge in [0, 0.05) is 5.56 Å². The first kappa shape index (κ1) is 21.8. The van der Waals surface area contributed by atoms with Crippen LogP contribution in [0, 0.1) is 0 Å². The Hall–Kier alpha value is -2.40. The third kappa shape index (κ3) is 4.20. The fraction of sp³-hybridized carbons (Fsp3) is 0.259. The van der Waals surface area contributed by atoms with Crippen molar-refractivity contribution in [1.82, 2.24) is 0 Å². The molecular formula is C27H28O2S2. The van der Waals surface area contributed by atoms with Crippen LogP contribution in [-0.4, -0.2) is 10.2 Å². The number of rotatable bonds is 8. The topological polar surface area (TPSA) is 40.5 Å². The molecule has 0 bridgehead atoms. The maximum atomic E-state index is 12.4. The summed E-state index contributed by atoms with van der Waals surface area (Å²) in [5, 5.41) is 26.6. The van der Waals surface area contributed by atoms with Gasteiger partial charge >= 0.3 is 0 Å². The van der Waals surface area contributed by atoms with Gasteiger partial charge in [0.25, 0.3) is 0 Å². The highest BCUT2D eigenvalue weighted by atomic mass is 32.1. The highest BCUT2D eigenvalue weighted by molar-refractivity contribution is 7.20. The molecule has 0 spiro atoms. The zero-order valence-electron chi connectivity index (χ0n) is 18.0. The highest BCUT2D eigenvalue weighted by Gasteiger charge is 2.37. The molecule has 0 saturated heterocycles. The molecular weight excluding hydrogens is 420 g/mol. The smallest absolute Gasteiger partial charge is 0.142 e. The summed E-state index contributed by atoms with van der Waals surface area (Å²) < 4.78 is 0. The molecule has 0 saturated carbocycles. The van der Waals surface area contributed by atoms with E-state index in [0.717, 1.165) is 52.1 Å². The molecule has 4 rings (SSSR count). The first-order valence-corrected chi connectivity index (χ1v) is 12.6. The SMILES string of the molecule is CCCc1ccc(C(O)(c2ccc(CCC)cc2)c2ccsc2-c2sccc2O)cc1. The van der Waals surface area contributed by atoms with E-state index >= 15 is 0 Å². The largest absolute Gasteiger partial charge is 0.506 e. The van der Waals surface area contributed by atoms with Gasteiger partial charge in [-0.2, -0.15) is 0 Å². The minimum atomic E-state index is -1.30. The van der Waals surface area contributed by atoms with Gasteiger partial charge in [-0.05, 0) is 58.0 Å². The maximum absolute atomic E-state index is 12.4. The Balaban J connectivity index is 1.88. The number of aliphatic hydroxyl groups is 1. The van der Waals surface area contributed by atoms with Gasteiger partial charge in [0.15, 0.2) is 0 Å². The Morgan fingerprint density at radius 2 is 1.16 bits per heavy atom. The highest BCUT2D eigenvalue weighted by Crippen LogP contribution is 2.47. The van der Waals surface area contributed by atoms with Crippen molar-refractivity contribution in [3.05, 3.63) is 99.2 Å². The van der Waals surface area contributed by atoms with Gasteiger partial charge < -0.3 is 10.2 Å². The predicted molar refractivity (Wildman–Crippen MR) is 132 cm³/mol. The van der Waals surface area contributed by atoms with E-state index in [1.54, 1.807) is 17.4 Å². The van der Waals surface area contributed by atoms with Crippen LogP contribution in [0.15, 0.2) is 71.4 Å². The second-order valence-electron chi connectivity index (χ2n) is 7.90. The minimum Gasteiger partial charge on any atom is -0.506 e. The van der Waals surface area contributed by atoms with Crippen LogP contribution in [-0.2, 0) is 18.4 Å². The van der Waals surface area contributed by atoms with Crippen molar-refractivity contribution >= 4 is 22.7 Å². The lowest BCUT2D eigenvalue weighted by molar-refractivity contribution is 0.126. The summed E-state index contributed by atoms with van der Waals surface area (Å²) in [6.07, 6.45) is 4.23. The Bertz CT molecular complexity index is 1070. The van der Waals surface area contributed by atoms with Crippen LogP contribution in [0.5, 0.6) is 5.75 Å². The summed E-state index contributed by atoms with van der Waals surface area (Å²) >= 11 is 3.05. The zero-order chi connectivity index (χ0) is 21.8. The molecule has 0 unspecified atom stereocenters. The molecule has 31 heavy (non-hydrogen) atoms. The molecule has 0 aliphatic rings. The Morgan fingerprint density at radius 3 is 1.61 bits per heavy atom. The van der Waals surface area contributed by atoms with Gasteiger partial charge in [-0.3, -0.25) is 0 Å². The van der Waals surface area contributed by atoms with Crippen molar-refractivity contribution in [2.75, 3.05) is 0 Å². The second kappa shape index (κ2) is 9.39. The second-order valence-corrected chi connectivity index (χ2v) is 9.73. The molecule has 4 heteroatoms. The molecule has 0 radical (unpaired) electrons. The first-order valence-electron chi connectivity index (χ1n) is 10.8. The molecule has 0 atom stereocenters. The fourth-order valence-electron chi connectivity index (χ4n) is 4.12. The van der Waals surface area contributed by atoms with E-state index < -0.39 is 5.60 Å². The molecule has 0 fully saturated rings. The summed E-state index contributed by atoms with van der Waals surface area (Å²) in [5.74, 6) is 0.257. The standard InChI is InChI=1S/C27H28O2S2/c1-3-5-19-7-11-21(12-8-19)27(29,22-13-9-20(6-4-2)10-14-22)23-15-17-30-25(23)26-24(28)16-18-31-26/h7-18,28-29H,3-6H2,1-2H3. The van der Waals surface area contributed by atoms with Crippen LogP contribution in [0.3, 0.4) is 0 Å². The monoisotopic (exact) mass is 448 g/mol. The van der Waals surface area contributed by atoms with Crippen molar-refractivity contribution in [3.63, 3.8) is 0 Å². The van der Waals surface area contributed by atoms with Crippen LogP contribution in [0.2, 0.25) is 0 Å². The summed E-state index contributed by atoms with van der Waals surface area (Å²) in [6.45, 7) is 4.35. The molecule has 160 valence electrons. The molecule has 2 nitrogen and oxygen atoms in total. The Kier molecular flexibility index (Phi) is 6.61. The number of aryl methyl sites for hydroxylation is 2. The summed E-state index contributed by atoms with van der Waals surface area (Å²) in [5.41, 5.74) is 3.72. The maximum Gasteiger partial charge on any atom is 0.142 e. The lowest BCUT2D eigenvalue weighted by Crippen LogP contribution is -2.29. The van der Waals surface area contributed by atoms with Gasteiger partial charge in [-0.15, -0.1) is 22.7 Å². The van der Waals surface area contributed by atoms with Crippen molar-refractivity contribution in [2.24, 2.45) is 0 Å². The zero-order valence-corrected chi connectivity index (χ0v) is 19.6.